The summed E-state index contributed by atoms with van der Waals surface area (Å²) in [5.41, 5.74) is 3.28. The Balaban J connectivity index is 1.95. The minimum absolute atomic E-state index is 0.112. The average molecular weight is 340 g/mol. The molecule has 0 atom stereocenters. The molecule has 0 heterocycles. The summed E-state index contributed by atoms with van der Waals surface area (Å²) >= 11 is 0. The molecule has 0 spiro atoms. The van der Waals surface area contributed by atoms with Gasteiger partial charge in [0.15, 0.2) is 0 Å². The standard InChI is InChI=1S/C20H24N2O3/c1-14-5-9-18(10-6-14)25-12-11-22(4)20(24)17-8-7-15(2)19(13-17)21-16(3)23/h5-10,13H,11-12H2,1-4H3,(H,21,23). The molecule has 2 aromatic carbocycles. The monoisotopic (exact) mass is 340 g/mol. The third-order valence-electron chi connectivity index (χ3n) is 3.86. The van der Waals surface area contributed by atoms with Gasteiger partial charge in [0.25, 0.3) is 5.91 Å². The maximum Gasteiger partial charge on any atom is 0.253 e. The molecule has 2 amide bonds. The number of rotatable bonds is 6. The Morgan fingerprint density at radius 3 is 2.40 bits per heavy atom. The molecule has 2 rings (SSSR count). The van der Waals surface area contributed by atoms with Crippen molar-refractivity contribution < 1.29 is 14.3 Å². The van der Waals surface area contributed by atoms with Crippen molar-refractivity contribution in [2.24, 2.45) is 0 Å². The lowest BCUT2D eigenvalue weighted by atomic mass is 10.1. The normalized spacial score (nSPS) is 10.2. The molecule has 0 saturated carbocycles. The van der Waals surface area contributed by atoms with E-state index in [1.165, 1.54) is 12.5 Å². The maximum atomic E-state index is 12.5. The van der Waals surface area contributed by atoms with Crippen LogP contribution in [-0.4, -0.2) is 36.9 Å². The molecule has 0 saturated heterocycles. The smallest absolute Gasteiger partial charge is 0.253 e. The number of aryl methyl sites for hydroxylation is 2. The Bertz CT molecular complexity index is 754. The minimum Gasteiger partial charge on any atom is -0.492 e. The number of anilines is 1. The summed E-state index contributed by atoms with van der Waals surface area (Å²) in [6.45, 7) is 6.24. The number of nitrogens with one attached hydrogen (secondary N) is 1. The first-order valence-electron chi connectivity index (χ1n) is 8.20. The van der Waals surface area contributed by atoms with Gasteiger partial charge in [0.05, 0.1) is 6.54 Å². The number of benzene rings is 2. The second-order valence-corrected chi connectivity index (χ2v) is 6.10. The van der Waals surface area contributed by atoms with Crippen LogP contribution in [-0.2, 0) is 4.79 Å². The lowest BCUT2D eigenvalue weighted by Crippen LogP contribution is -2.31. The SMILES string of the molecule is CC(=O)Nc1cc(C(=O)N(C)CCOc2ccc(C)cc2)ccc1C. The molecule has 2 aromatic rings. The van der Waals surface area contributed by atoms with Crippen LogP contribution in [0.5, 0.6) is 5.75 Å². The van der Waals surface area contributed by atoms with Gasteiger partial charge in [0, 0.05) is 25.2 Å². The Morgan fingerprint density at radius 1 is 1.08 bits per heavy atom. The molecule has 5 heteroatoms. The van der Waals surface area contributed by atoms with E-state index in [0.29, 0.717) is 24.4 Å². The van der Waals surface area contributed by atoms with Crippen LogP contribution in [0.2, 0.25) is 0 Å². The summed E-state index contributed by atoms with van der Waals surface area (Å²) in [6, 6.07) is 13.1. The number of amides is 2. The summed E-state index contributed by atoms with van der Waals surface area (Å²) in [5, 5.41) is 2.74. The van der Waals surface area contributed by atoms with Crippen molar-refractivity contribution in [3.8, 4) is 5.75 Å². The fourth-order valence-corrected chi connectivity index (χ4v) is 2.34. The first-order valence-corrected chi connectivity index (χ1v) is 8.20. The molecule has 5 nitrogen and oxygen atoms in total. The zero-order valence-corrected chi connectivity index (χ0v) is 15.1. The molecular formula is C20H24N2O3. The lowest BCUT2D eigenvalue weighted by molar-refractivity contribution is -0.114. The van der Waals surface area contributed by atoms with Crippen molar-refractivity contribution in [3.63, 3.8) is 0 Å². The van der Waals surface area contributed by atoms with Gasteiger partial charge in [-0.3, -0.25) is 9.59 Å². The van der Waals surface area contributed by atoms with Gasteiger partial charge in [-0.2, -0.15) is 0 Å². The molecular weight excluding hydrogens is 316 g/mol. The topological polar surface area (TPSA) is 58.6 Å². The molecule has 0 aliphatic carbocycles. The van der Waals surface area contributed by atoms with Crippen LogP contribution < -0.4 is 10.1 Å². The first kappa shape index (κ1) is 18.5. The third kappa shape index (κ3) is 5.35. The van der Waals surface area contributed by atoms with Crippen LogP contribution in [0, 0.1) is 13.8 Å². The number of carbonyl (C=O) groups is 2. The van der Waals surface area contributed by atoms with Crippen LogP contribution >= 0.6 is 0 Å². The van der Waals surface area contributed by atoms with E-state index < -0.39 is 0 Å². The summed E-state index contributed by atoms with van der Waals surface area (Å²) in [4.78, 5) is 25.4. The number of hydrogen-bond acceptors (Lipinski definition) is 3. The van der Waals surface area contributed by atoms with Crippen LogP contribution in [0.15, 0.2) is 42.5 Å². The molecule has 0 aliphatic heterocycles. The third-order valence-corrected chi connectivity index (χ3v) is 3.86. The van der Waals surface area contributed by atoms with Crippen molar-refractivity contribution in [3.05, 3.63) is 59.2 Å². The highest BCUT2D eigenvalue weighted by Crippen LogP contribution is 2.18. The Hall–Kier alpha value is -2.82. The van der Waals surface area contributed by atoms with Crippen LogP contribution in [0.4, 0.5) is 5.69 Å². The molecule has 0 bridgehead atoms. The second-order valence-electron chi connectivity index (χ2n) is 6.10. The highest BCUT2D eigenvalue weighted by Gasteiger charge is 2.13. The van der Waals surface area contributed by atoms with Gasteiger partial charge >= 0.3 is 0 Å². The Morgan fingerprint density at radius 2 is 1.76 bits per heavy atom. The highest BCUT2D eigenvalue weighted by atomic mass is 16.5. The van der Waals surface area contributed by atoms with Crippen molar-refractivity contribution in [1.82, 2.24) is 4.90 Å². The van der Waals surface area contributed by atoms with E-state index in [1.807, 2.05) is 44.2 Å². The Labute approximate surface area is 148 Å². The van der Waals surface area contributed by atoms with Gasteiger partial charge in [-0.1, -0.05) is 23.8 Å². The summed E-state index contributed by atoms with van der Waals surface area (Å²) in [5.74, 6) is 0.515. The Kier molecular flexibility index (Phi) is 6.17. The number of carbonyl (C=O) groups excluding carboxylic acids is 2. The predicted molar refractivity (Wildman–Crippen MR) is 99.1 cm³/mol. The van der Waals surface area contributed by atoms with Gasteiger partial charge in [0.2, 0.25) is 5.91 Å². The summed E-state index contributed by atoms with van der Waals surface area (Å²) in [7, 11) is 1.73. The van der Waals surface area contributed by atoms with E-state index in [2.05, 4.69) is 5.32 Å². The minimum atomic E-state index is -0.160. The number of hydrogen-bond donors (Lipinski definition) is 1. The van der Waals surface area contributed by atoms with Crippen molar-refractivity contribution >= 4 is 17.5 Å². The van der Waals surface area contributed by atoms with E-state index in [0.717, 1.165) is 11.3 Å². The number of ether oxygens (including phenoxy) is 1. The fraction of sp³-hybridized carbons (Fsp3) is 0.300. The quantitative estimate of drug-likeness (QED) is 0.877. The highest BCUT2D eigenvalue weighted by molar-refractivity contribution is 5.97. The molecule has 132 valence electrons. The fourth-order valence-electron chi connectivity index (χ4n) is 2.34. The van der Waals surface area contributed by atoms with Crippen molar-refractivity contribution in [2.75, 3.05) is 25.5 Å². The summed E-state index contributed by atoms with van der Waals surface area (Å²) < 4.78 is 5.66. The van der Waals surface area contributed by atoms with Crippen LogP contribution in [0.25, 0.3) is 0 Å². The van der Waals surface area contributed by atoms with Gasteiger partial charge in [-0.25, -0.2) is 0 Å². The van der Waals surface area contributed by atoms with Gasteiger partial charge in [0.1, 0.15) is 12.4 Å². The molecule has 0 aromatic heterocycles. The van der Waals surface area contributed by atoms with Crippen LogP contribution in [0.1, 0.15) is 28.4 Å². The van der Waals surface area contributed by atoms with E-state index in [4.69, 9.17) is 4.74 Å². The van der Waals surface area contributed by atoms with E-state index in [1.54, 1.807) is 24.1 Å². The molecule has 0 aliphatic rings. The number of nitrogens with zero attached hydrogens (tertiary/aromatic N) is 1. The van der Waals surface area contributed by atoms with Crippen molar-refractivity contribution in [1.29, 1.82) is 0 Å². The molecule has 0 fully saturated rings. The second kappa shape index (κ2) is 8.33. The molecule has 1 N–H and O–H groups in total. The van der Waals surface area contributed by atoms with E-state index in [9.17, 15) is 9.59 Å². The van der Waals surface area contributed by atoms with Crippen LogP contribution in [0.3, 0.4) is 0 Å². The predicted octanol–water partition coefficient (Wildman–Crippen LogP) is 3.41. The maximum absolute atomic E-state index is 12.5. The zero-order chi connectivity index (χ0) is 18.4. The zero-order valence-electron chi connectivity index (χ0n) is 15.1. The van der Waals surface area contributed by atoms with Gasteiger partial charge in [-0.15, -0.1) is 0 Å². The average Bonchev–Trinajstić information content (AvgIpc) is 2.57. The van der Waals surface area contributed by atoms with Gasteiger partial charge in [-0.05, 0) is 43.7 Å². The number of likely N-dealkylation sites (N-methyl/N-ethyl adjacent to an activating group) is 1. The molecule has 0 unspecified atom stereocenters. The van der Waals surface area contributed by atoms with E-state index >= 15 is 0 Å². The lowest BCUT2D eigenvalue weighted by Gasteiger charge is -2.18. The first-order chi connectivity index (χ1) is 11.9. The van der Waals surface area contributed by atoms with Crippen molar-refractivity contribution in [2.45, 2.75) is 20.8 Å². The van der Waals surface area contributed by atoms with Gasteiger partial charge < -0.3 is 15.0 Å². The molecule has 0 radical (unpaired) electrons. The van der Waals surface area contributed by atoms with E-state index in [-0.39, 0.29) is 11.8 Å². The summed E-state index contributed by atoms with van der Waals surface area (Å²) in [6.07, 6.45) is 0. The molecule has 25 heavy (non-hydrogen) atoms. The largest absolute Gasteiger partial charge is 0.492 e.